The van der Waals surface area contributed by atoms with Gasteiger partial charge in [0.1, 0.15) is 0 Å². The van der Waals surface area contributed by atoms with Gasteiger partial charge in [0.05, 0.1) is 0 Å². The molecule has 1 aliphatic heterocycles. The van der Waals surface area contributed by atoms with Gasteiger partial charge in [0.25, 0.3) is 0 Å². The molecule has 0 saturated carbocycles. The molecule has 2 N–H and O–H groups in total. The third kappa shape index (κ3) is 7.64. The molecule has 0 aromatic heterocycles. The number of hydrogen-bond donors (Lipinski definition) is 1. The third-order valence-electron chi connectivity index (χ3n) is 4.79. The Morgan fingerprint density at radius 1 is 0.950 bits per heavy atom. The fourth-order valence-corrected chi connectivity index (χ4v) is 3.49. The van der Waals surface area contributed by atoms with Crippen molar-refractivity contribution in [3.63, 3.8) is 0 Å². The lowest BCUT2D eigenvalue weighted by Gasteiger charge is -2.37. The van der Waals surface area contributed by atoms with E-state index in [2.05, 4.69) is 18.7 Å². The second kappa shape index (κ2) is 11.6. The van der Waals surface area contributed by atoms with Gasteiger partial charge in [-0.1, -0.05) is 65.2 Å². The summed E-state index contributed by atoms with van der Waals surface area (Å²) >= 11 is 0. The Labute approximate surface area is 127 Å². The van der Waals surface area contributed by atoms with Crippen LogP contribution < -0.4 is 5.73 Å². The maximum absolute atomic E-state index is 6.17. The van der Waals surface area contributed by atoms with Crippen molar-refractivity contribution < 1.29 is 0 Å². The average Bonchev–Trinajstić information content (AvgIpc) is 2.45. The first-order valence-corrected chi connectivity index (χ1v) is 9.27. The largest absolute Gasteiger partial charge is 0.327 e. The van der Waals surface area contributed by atoms with E-state index < -0.39 is 0 Å². The molecule has 1 rings (SSSR count). The monoisotopic (exact) mass is 282 g/mol. The van der Waals surface area contributed by atoms with Crippen molar-refractivity contribution >= 4 is 0 Å². The summed E-state index contributed by atoms with van der Waals surface area (Å²) in [6.45, 7) is 7.03. The molecule has 0 spiro atoms. The molecule has 20 heavy (non-hydrogen) atoms. The molecule has 1 saturated heterocycles. The molecule has 0 bridgehead atoms. The van der Waals surface area contributed by atoms with Crippen LogP contribution in [0.4, 0.5) is 0 Å². The van der Waals surface area contributed by atoms with Crippen molar-refractivity contribution in [2.45, 2.75) is 103 Å². The van der Waals surface area contributed by atoms with Gasteiger partial charge in [0.2, 0.25) is 0 Å². The molecule has 2 atom stereocenters. The lowest BCUT2D eigenvalue weighted by molar-refractivity contribution is 0.130. The number of nitrogens with two attached hydrogens (primary N) is 1. The topological polar surface area (TPSA) is 29.3 Å². The smallest absolute Gasteiger partial charge is 0.0168 e. The van der Waals surface area contributed by atoms with Gasteiger partial charge in [-0.2, -0.15) is 0 Å². The van der Waals surface area contributed by atoms with E-state index in [1.54, 1.807) is 0 Å². The second-order valence-electron chi connectivity index (χ2n) is 6.75. The van der Waals surface area contributed by atoms with Crippen LogP contribution in [0.3, 0.4) is 0 Å². The minimum Gasteiger partial charge on any atom is -0.327 e. The molecule has 2 nitrogen and oxygen atoms in total. The number of nitrogens with zero attached hydrogens (tertiary/aromatic N) is 1. The van der Waals surface area contributed by atoms with E-state index in [9.17, 15) is 0 Å². The van der Waals surface area contributed by atoms with E-state index in [4.69, 9.17) is 5.73 Å². The maximum Gasteiger partial charge on any atom is 0.0168 e. The number of likely N-dealkylation sites (tertiary alicyclic amines) is 1. The quantitative estimate of drug-likeness (QED) is 0.556. The molecule has 1 unspecified atom stereocenters. The van der Waals surface area contributed by atoms with E-state index in [0.29, 0.717) is 6.04 Å². The number of rotatable bonds is 11. The number of unbranched alkanes of at least 4 members (excludes halogenated alkanes) is 6. The van der Waals surface area contributed by atoms with Crippen molar-refractivity contribution in [2.75, 3.05) is 13.1 Å². The zero-order chi connectivity index (χ0) is 14.6. The highest BCUT2D eigenvalue weighted by Gasteiger charge is 2.23. The van der Waals surface area contributed by atoms with E-state index in [1.165, 1.54) is 83.6 Å². The van der Waals surface area contributed by atoms with E-state index in [0.717, 1.165) is 12.6 Å². The Morgan fingerprint density at radius 3 is 2.20 bits per heavy atom. The Hall–Kier alpha value is -0.0800. The summed E-state index contributed by atoms with van der Waals surface area (Å²) in [5.74, 6) is 0. The Balaban J connectivity index is 2.30. The van der Waals surface area contributed by atoms with Gasteiger partial charge < -0.3 is 5.73 Å². The van der Waals surface area contributed by atoms with Crippen LogP contribution in [0.2, 0.25) is 0 Å². The fraction of sp³-hybridized carbons (Fsp3) is 1.00. The molecule has 1 fully saturated rings. The summed E-state index contributed by atoms with van der Waals surface area (Å²) in [5, 5.41) is 0. The molecule has 0 aliphatic carbocycles. The second-order valence-corrected chi connectivity index (χ2v) is 6.75. The van der Waals surface area contributed by atoms with Crippen LogP contribution in [0.15, 0.2) is 0 Å². The maximum atomic E-state index is 6.17. The van der Waals surface area contributed by atoms with Gasteiger partial charge in [-0.25, -0.2) is 0 Å². The molecule has 0 amide bonds. The summed E-state index contributed by atoms with van der Waals surface area (Å²) in [4.78, 5) is 2.71. The third-order valence-corrected chi connectivity index (χ3v) is 4.79. The Bertz CT molecular complexity index is 217. The highest BCUT2D eigenvalue weighted by Crippen LogP contribution is 2.21. The van der Waals surface area contributed by atoms with Crippen molar-refractivity contribution in [2.24, 2.45) is 5.73 Å². The highest BCUT2D eigenvalue weighted by atomic mass is 15.2. The summed E-state index contributed by atoms with van der Waals surface area (Å²) in [6.07, 6.45) is 16.5. The van der Waals surface area contributed by atoms with Crippen molar-refractivity contribution in [1.82, 2.24) is 4.90 Å². The predicted octanol–water partition coefficient (Wildman–Crippen LogP) is 4.72. The molecule has 120 valence electrons. The fourth-order valence-electron chi connectivity index (χ4n) is 3.49. The van der Waals surface area contributed by atoms with Crippen LogP contribution in [0, 0.1) is 0 Å². The molecular weight excluding hydrogens is 244 g/mol. The summed E-state index contributed by atoms with van der Waals surface area (Å²) in [6, 6.07) is 1.24. The SMILES string of the molecule is CCCCCCCC(CCCCC)N1CCC[C@H](N)C1. The average molecular weight is 283 g/mol. The molecule has 0 aromatic rings. The van der Waals surface area contributed by atoms with Gasteiger partial charge in [-0.05, 0) is 32.2 Å². The van der Waals surface area contributed by atoms with Crippen LogP contribution in [0.25, 0.3) is 0 Å². The summed E-state index contributed by atoms with van der Waals surface area (Å²) in [5.41, 5.74) is 6.17. The summed E-state index contributed by atoms with van der Waals surface area (Å²) in [7, 11) is 0. The van der Waals surface area contributed by atoms with Crippen LogP contribution in [-0.2, 0) is 0 Å². The zero-order valence-electron chi connectivity index (χ0n) is 14.1. The first kappa shape index (κ1) is 18.0. The number of hydrogen-bond acceptors (Lipinski definition) is 2. The molecule has 0 radical (unpaired) electrons. The summed E-state index contributed by atoms with van der Waals surface area (Å²) < 4.78 is 0. The van der Waals surface area contributed by atoms with Gasteiger partial charge in [0.15, 0.2) is 0 Å². The Kier molecular flexibility index (Phi) is 10.4. The van der Waals surface area contributed by atoms with Gasteiger partial charge in [0, 0.05) is 18.6 Å². The van der Waals surface area contributed by atoms with E-state index >= 15 is 0 Å². The normalized spacial score (nSPS) is 22.1. The van der Waals surface area contributed by atoms with Crippen LogP contribution in [0.1, 0.15) is 90.9 Å². The van der Waals surface area contributed by atoms with Crippen LogP contribution >= 0.6 is 0 Å². The molecule has 0 aromatic carbocycles. The van der Waals surface area contributed by atoms with Crippen molar-refractivity contribution in [3.05, 3.63) is 0 Å². The van der Waals surface area contributed by atoms with Gasteiger partial charge in [-0.3, -0.25) is 4.90 Å². The van der Waals surface area contributed by atoms with Crippen molar-refractivity contribution in [1.29, 1.82) is 0 Å². The standard InChI is InChI=1S/C18H38N2/c1-3-5-7-8-10-14-18(13-9-6-4-2)20-15-11-12-17(19)16-20/h17-18H,3-16,19H2,1-2H3/t17-,18?/m0/s1. The number of piperidine rings is 1. The zero-order valence-corrected chi connectivity index (χ0v) is 14.1. The van der Waals surface area contributed by atoms with Crippen molar-refractivity contribution in [3.8, 4) is 0 Å². The highest BCUT2D eigenvalue weighted by molar-refractivity contribution is 4.81. The molecule has 1 heterocycles. The predicted molar refractivity (Wildman–Crippen MR) is 90.1 cm³/mol. The first-order valence-electron chi connectivity index (χ1n) is 9.27. The van der Waals surface area contributed by atoms with E-state index in [-0.39, 0.29) is 0 Å². The Morgan fingerprint density at radius 2 is 1.55 bits per heavy atom. The minimum atomic E-state index is 0.428. The van der Waals surface area contributed by atoms with Crippen LogP contribution in [0.5, 0.6) is 0 Å². The molecular formula is C18H38N2. The first-order chi connectivity index (χ1) is 9.77. The van der Waals surface area contributed by atoms with Gasteiger partial charge >= 0.3 is 0 Å². The van der Waals surface area contributed by atoms with Crippen LogP contribution in [-0.4, -0.2) is 30.1 Å². The van der Waals surface area contributed by atoms with Gasteiger partial charge in [-0.15, -0.1) is 0 Å². The lowest BCUT2D eigenvalue weighted by atomic mass is 9.96. The molecule has 2 heteroatoms. The van der Waals surface area contributed by atoms with E-state index in [1.807, 2.05) is 0 Å². The molecule has 1 aliphatic rings. The minimum absolute atomic E-state index is 0.428. The lowest BCUT2D eigenvalue weighted by Crippen LogP contribution is -2.47.